The quantitative estimate of drug-likeness (QED) is 0.664. The van der Waals surface area contributed by atoms with Crippen LogP contribution in [0.5, 0.6) is 0 Å². The largest absolute Gasteiger partial charge is 0.371 e. The minimum absolute atomic E-state index is 0.104. The fraction of sp³-hybridized carbons (Fsp3) is 0.533. The molecule has 0 bridgehead atoms. The van der Waals surface area contributed by atoms with Gasteiger partial charge in [0.1, 0.15) is 11.6 Å². The Morgan fingerprint density at radius 1 is 1.48 bits per heavy atom. The Morgan fingerprint density at radius 2 is 2.19 bits per heavy atom. The predicted molar refractivity (Wildman–Crippen MR) is 81.3 cm³/mol. The summed E-state index contributed by atoms with van der Waals surface area (Å²) in [6.45, 7) is 2.86. The van der Waals surface area contributed by atoms with Crippen molar-refractivity contribution in [3.05, 3.63) is 33.9 Å². The highest BCUT2D eigenvalue weighted by atomic mass is 16.6. The molecule has 0 spiro atoms. The molecular formula is C15H20N4O2. The van der Waals surface area contributed by atoms with Gasteiger partial charge in [-0.05, 0) is 50.9 Å². The Morgan fingerprint density at radius 3 is 2.76 bits per heavy atom. The molecule has 0 unspecified atom stereocenters. The van der Waals surface area contributed by atoms with Gasteiger partial charge in [0.25, 0.3) is 5.69 Å². The topological polar surface area (TPSA) is 82.2 Å². The first kappa shape index (κ1) is 15.3. The van der Waals surface area contributed by atoms with Crippen LogP contribution in [0.4, 0.5) is 11.4 Å². The molecule has 1 aliphatic heterocycles. The Hall–Kier alpha value is -2.13. The number of hydrogen-bond acceptors (Lipinski definition) is 5. The van der Waals surface area contributed by atoms with Gasteiger partial charge in [-0.3, -0.25) is 10.1 Å². The van der Waals surface area contributed by atoms with Crippen molar-refractivity contribution in [3.63, 3.8) is 0 Å². The first-order valence-corrected chi connectivity index (χ1v) is 7.23. The molecule has 21 heavy (non-hydrogen) atoms. The van der Waals surface area contributed by atoms with Gasteiger partial charge in [0, 0.05) is 24.8 Å². The Labute approximate surface area is 124 Å². The Bertz CT molecular complexity index is 545. The summed E-state index contributed by atoms with van der Waals surface area (Å²) >= 11 is 0. The molecule has 1 aliphatic rings. The second-order valence-electron chi connectivity index (χ2n) is 5.39. The minimum atomic E-state index is -0.484. The third-order valence-electron chi connectivity index (χ3n) is 4.08. The average molecular weight is 288 g/mol. The molecule has 112 valence electrons. The molecule has 1 aromatic carbocycles. The maximum absolute atomic E-state index is 11.0. The average Bonchev–Trinajstić information content (AvgIpc) is 2.52. The number of nitrogens with one attached hydrogen (secondary N) is 1. The number of benzene rings is 1. The molecule has 1 saturated heterocycles. The second kappa shape index (κ2) is 7.04. The predicted octanol–water partition coefficient (Wildman–Crippen LogP) is 2.29. The molecule has 1 heterocycles. The van der Waals surface area contributed by atoms with Gasteiger partial charge >= 0.3 is 0 Å². The molecule has 1 N–H and O–H groups in total. The lowest BCUT2D eigenvalue weighted by Crippen LogP contribution is -2.34. The highest BCUT2D eigenvalue weighted by molar-refractivity contribution is 5.60. The van der Waals surface area contributed by atoms with Crippen molar-refractivity contribution < 1.29 is 4.92 Å². The van der Waals surface area contributed by atoms with Crippen LogP contribution in [0.25, 0.3) is 0 Å². The fourth-order valence-corrected chi connectivity index (χ4v) is 2.79. The van der Waals surface area contributed by atoms with E-state index in [1.807, 2.05) is 13.1 Å². The molecule has 0 aromatic heterocycles. The standard InChI is InChI=1S/C15H20N4O2/c1-17-7-4-12-5-8-18(9-6-12)14-3-2-13(11-16)15(10-14)19(20)21/h2-3,10,12,17H,4-9H2,1H3. The lowest BCUT2D eigenvalue weighted by atomic mass is 9.93. The van der Waals surface area contributed by atoms with Gasteiger partial charge in [0.2, 0.25) is 0 Å². The number of anilines is 1. The van der Waals surface area contributed by atoms with Gasteiger partial charge in [-0.15, -0.1) is 0 Å². The van der Waals surface area contributed by atoms with Crippen molar-refractivity contribution in [2.24, 2.45) is 5.92 Å². The van der Waals surface area contributed by atoms with Crippen LogP contribution in [0.3, 0.4) is 0 Å². The number of hydrogen-bond donors (Lipinski definition) is 1. The van der Waals surface area contributed by atoms with Gasteiger partial charge in [0.05, 0.1) is 4.92 Å². The van der Waals surface area contributed by atoms with Crippen LogP contribution in [0.1, 0.15) is 24.8 Å². The monoisotopic (exact) mass is 288 g/mol. The van der Waals surface area contributed by atoms with E-state index in [1.165, 1.54) is 12.5 Å². The van der Waals surface area contributed by atoms with Crippen LogP contribution in [0.2, 0.25) is 0 Å². The van der Waals surface area contributed by atoms with Crippen molar-refractivity contribution in [3.8, 4) is 6.07 Å². The van der Waals surface area contributed by atoms with E-state index in [-0.39, 0.29) is 11.3 Å². The zero-order chi connectivity index (χ0) is 15.2. The van der Waals surface area contributed by atoms with E-state index in [4.69, 9.17) is 5.26 Å². The van der Waals surface area contributed by atoms with Crippen LogP contribution in [0, 0.1) is 27.4 Å². The summed E-state index contributed by atoms with van der Waals surface area (Å²) in [5.74, 6) is 0.724. The number of nitriles is 1. The molecule has 2 rings (SSSR count). The fourth-order valence-electron chi connectivity index (χ4n) is 2.79. The van der Waals surface area contributed by atoms with Crippen LogP contribution in [-0.4, -0.2) is 31.6 Å². The second-order valence-corrected chi connectivity index (χ2v) is 5.39. The van der Waals surface area contributed by atoms with Crippen molar-refractivity contribution in [1.82, 2.24) is 5.32 Å². The van der Waals surface area contributed by atoms with E-state index in [0.717, 1.165) is 44.1 Å². The Balaban J connectivity index is 2.05. The van der Waals surface area contributed by atoms with Gasteiger partial charge in [-0.1, -0.05) is 0 Å². The number of nitro groups is 1. The summed E-state index contributed by atoms with van der Waals surface area (Å²) in [6.07, 6.45) is 3.39. The van der Waals surface area contributed by atoms with Crippen molar-refractivity contribution in [1.29, 1.82) is 5.26 Å². The zero-order valence-corrected chi connectivity index (χ0v) is 12.2. The van der Waals surface area contributed by atoms with E-state index in [2.05, 4.69) is 10.2 Å². The lowest BCUT2D eigenvalue weighted by Gasteiger charge is -2.33. The van der Waals surface area contributed by atoms with Crippen LogP contribution >= 0.6 is 0 Å². The maximum atomic E-state index is 11.0. The highest BCUT2D eigenvalue weighted by Gasteiger charge is 2.21. The number of nitro benzene ring substituents is 1. The van der Waals surface area contributed by atoms with E-state index in [1.54, 1.807) is 12.1 Å². The van der Waals surface area contributed by atoms with Gasteiger partial charge in [-0.2, -0.15) is 5.26 Å². The minimum Gasteiger partial charge on any atom is -0.371 e. The van der Waals surface area contributed by atoms with Crippen LogP contribution in [0.15, 0.2) is 18.2 Å². The molecular weight excluding hydrogens is 268 g/mol. The first-order valence-electron chi connectivity index (χ1n) is 7.23. The molecule has 0 amide bonds. The number of piperidine rings is 1. The van der Waals surface area contributed by atoms with Crippen molar-refractivity contribution >= 4 is 11.4 Å². The normalized spacial score (nSPS) is 15.7. The molecule has 0 saturated carbocycles. The summed E-state index contributed by atoms with van der Waals surface area (Å²) in [4.78, 5) is 12.7. The molecule has 0 aliphatic carbocycles. The Kier molecular flexibility index (Phi) is 5.12. The molecule has 6 nitrogen and oxygen atoms in total. The third-order valence-corrected chi connectivity index (χ3v) is 4.08. The first-order chi connectivity index (χ1) is 10.2. The van der Waals surface area contributed by atoms with E-state index in [0.29, 0.717) is 0 Å². The zero-order valence-electron chi connectivity index (χ0n) is 12.2. The molecule has 0 atom stereocenters. The summed E-state index contributed by atoms with van der Waals surface area (Å²) in [6, 6.07) is 6.74. The van der Waals surface area contributed by atoms with E-state index >= 15 is 0 Å². The summed E-state index contributed by atoms with van der Waals surface area (Å²) in [7, 11) is 1.96. The molecule has 1 aromatic rings. The SMILES string of the molecule is CNCCC1CCN(c2ccc(C#N)c([N+](=O)[O-])c2)CC1. The maximum Gasteiger partial charge on any atom is 0.289 e. The molecule has 0 radical (unpaired) electrons. The van der Waals surface area contributed by atoms with Crippen molar-refractivity contribution in [2.75, 3.05) is 31.6 Å². The molecule has 6 heteroatoms. The summed E-state index contributed by atoms with van der Waals surface area (Å²) in [5, 5.41) is 23.1. The van der Waals surface area contributed by atoms with Gasteiger partial charge in [0.15, 0.2) is 0 Å². The van der Waals surface area contributed by atoms with Crippen LogP contribution < -0.4 is 10.2 Å². The van der Waals surface area contributed by atoms with Gasteiger partial charge < -0.3 is 10.2 Å². The number of nitrogens with zero attached hydrogens (tertiary/aromatic N) is 3. The lowest BCUT2D eigenvalue weighted by molar-refractivity contribution is -0.385. The molecule has 1 fully saturated rings. The van der Waals surface area contributed by atoms with E-state index < -0.39 is 4.92 Å². The summed E-state index contributed by atoms with van der Waals surface area (Å²) in [5.41, 5.74) is 0.854. The van der Waals surface area contributed by atoms with E-state index in [9.17, 15) is 10.1 Å². The smallest absolute Gasteiger partial charge is 0.289 e. The van der Waals surface area contributed by atoms with Crippen molar-refractivity contribution in [2.45, 2.75) is 19.3 Å². The van der Waals surface area contributed by atoms with Gasteiger partial charge in [-0.25, -0.2) is 0 Å². The number of rotatable bonds is 5. The highest BCUT2D eigenvalue weighted by Crippen LogP contribution is 2.29. The third kappa shape index (κ3) is 3.70. The van der Waals surface area contributed by atoms with Crippen LogP contribution in [-0.2, 0) is 0 Å². The summed E-state index contributed by atoms with van der Waals surface area (Å²) < 4.78 is 0.